The van der Waals surface area contributed by atoms with Gasteiger partial charge >= 0.3 is 0 Å². The van der Waals surface area contributed by atoms with Crippen LogP contribution in [-0.2, 0) is 17.8 Å². The fourth-order valence-corrected chi connectivity index (χ4v) is 3.16. The van der Waals surface area contributed by atoms with E-state index in [-0.39, 0.29) is 5.91 Å². The van der Waals surface area contributed by atoms with Crippen molar-refractivity contribution in [2.75, 3.05) is 16.8 Å². The maximum Gasteiger partial charge on any atom is 0.221 e. The number of nitrogens with one attached hydrogen (secondary N) is 2. The third-order valence-corrected chi connectivity index (χ3v) is 4.21. The van der Waals surface area contributed by atoms with Gasteiger partial charge in [-0.15, -0.1) is 0 Å². The summed E-state index contributed by atoms with van der Waals surface area (Å²) < 4.78 is 0. The number of amides is 1. The summed E-state index contributed by atoms with van der Waals surface area (Å²) in [6.45, 7) is 3.26. The van der Waals surface area contributed by atoms with E-state index in [1.807, 2.05) is 30.6 Å². The van der Waals surface area contributed by atoms with Crippen molar-refractivity contribution in [3.05, 3.63) is 47.8 Å². The van der Waals surface area contributed by atoms with Crippen LogP contribution in [0.15, 0.2) is 36.7 Å². The van der Waals surface area contributed by atoms with Crippen LogP contribution in [0.3, 0.4) is 0 Å². The number of fused-ring (bicyclic) bond motifs is 3. The van der Waals surface area contributed by atoms with E-state index in [0.717, 1.165) is 41.9 Å². The largest absolute Gasteiger partial charge is 0.367 e. The molecule has 3 heterocycles. The zero-order valence-electron chi connectivity index (χ0n) is 12.8. The van der Waals surface area contributed by atoms with E-state index >= 15 is 0 Å². The Bertz CT molecular complexity index is 886. The lowest BCUT2D eigenvalue weighted by Gasteiger charge is -2.31. The summed E-state index contributed by atoms with van der Waals surface area (Å²) in [5, 5.41) is 11.0. The number of hydrogen-bond donors (Lipinski definition) is 2. The van der Waals surface area contributed by atoms with Crippen molar-refractivity contribution in [3.8, 4) is 0 Å². The number of benzene rings is 1. The van der Waals surface area contributed by atoms with Crippen molar-refractivity contribution >= 4 is 28.3 Å². The van der Waals surface area contributed by atoms with Crippen LogP contribution >= 0.6 is 0 Å². The van der Waals surface area contributed by atoms with Gasteiger partial charge in [-0.1, -0.05) is 6.07 Å². The first-order valence-electron chi connectivity index (χ1n) is 7.63. The molecule has 1 amide bonds. The average molecular weight is 307 g/mol. The molecule has 3 aromatic rings. The molecule has 6 heteroatoms. The first-order valence-corrected chi connectivity index (χ1v) is 7.63. The van der Waals surface area contributed by atoms with Crippen LogP contribution in [0.2, 0.25) is 0 Å². The molecule has 0 unspecified atom stereocenters. The van der Waals surface area contributed by atoms with Gasteiger partial charge in [0.15, 0.2) is 5.65 Å². The van der Waals surface area contributed by atoms with Crippen LogP contribution in [0, 0.1) is 0 Å². The van der Waals surface area contributed by atoms with Gasteiger partial charge in [0, 0.05) is 43.0 Å². The SMILES string of the molecule is CC(=O)Nc1cccc(N2CCc3c(cnc4[nH]ncc34)C2)c1. The van der Waals surface area contributed by atoms with Crippen LogP contribution in [-0.4, -0.2) is 27.6 Å². The lowest BCUT2D eigenvalue weighted by molar-refractivity contribution is -0.114. The summed E-state index contributed by atoms with van der Waals surface area (Å²) >= 11 is 0. The molecule has 0 fully saturated rings. The molecular formula is C17H17N5O. The Balaban J connectivity index is 1.64. The van der Waals surface area contributed by atoms with E-state index in [1.165, 1.54) is 18.1 Å². The van der Waals surface area contributed by atoms with E-state index in [2.05, 4.69) is 31.5 Å². The number of anilines is 2. The first kappa shape index (κ1) is 13.8. The van der Waals surface area contributed by atoms with E-state index in [4.69, 9.17) is 0 Å². The molecule has 1 aliphatic rings. The highest BCUT2D eigenvalue weighted by atomic mass is 16.1. The van der Waals surface area contributed by atoms with Gasteiger partial charge in [0.05, 0.1) is 6.20 Å². The molecule has 0 saturated carbocycles. The Morgan fingerprint density at radius 2 is 2.26 bits per heavy atom. The minimum Gasteiger partial charge on any atom is -0.367 e. The Morgan fingerprint density at radius 1 is 1.35 bits per heavy atom. The van der Waals surface area contributed by atoms with E-state index < -0.39 is 0 Å². The number of carbonyl (C=O) groups is 1. The van der Waals surface area contributed by atoms with Gasteiger partial charge in [0.25, 0.3) is 0 Å². The van der Waals surface area contributed by atoms with E-state index in [9.17, 15) is 4.79 Å². The van der Waals surface area contributed by atoms with Crippen LogP contribution in [0.1, 0.15) is 18.1 Å². The van der Waals surface area contributed by atoms with Crippen LogP contribution < -0.4 is 10.2 Å². The molecule has 0 radical (unpaired) electrons. The van der Waals surface area contributed by atoms with Gasteiger partial charge in [-0.05, 0) is 35.7 Å². The molecular weight excluding hydrogens is 290 g/mol. The summed E-state index contributed by atoms with van der Waals surface area (Å²) in [4.78, 5) is 18.0. The van der Waals surface area contributed by atoms with Crippen molar-refractivity contribution in [2.45, 2.75) is 19.9 Å². The second kappa shape index (κ2) is 5.39. The van der Waals surface area contributed by atoms with Gasteiger partial charge < -0.3 is 10.2 Å². The summed E-state index contributed by atoms with van der Waals surface area (Å²) in [6.07, 6.45) is 4.74. The van der Waals surface area contributed by atoms with Gasteiger partial charge in [-0.25, -0.2) is 4.98 Å². The molecule has 0 saturated heterocycles. The Kier molecular flexibility index (Phi) is 3.22. The molecule has 0 bridgehead atoms. The maximum absolute atomic E-state index is 11.2. The summed E-state index contributed by atoms with van der Waals surface area (Å²) in [7, 11) is 0. The van der Waals surface area contributed by atoms with E-state index in [1.54, 1.807) is 0 Å². The van der Waals surface area contributed by atoms with Gasteiger partial charge in [-0.3, -0.25) is 9.89 Å². The highest BCUT2D eigenvalue weighted by molar-refractivity contribution is 5.89. The molecule has 4 rings (SSSR count). The predicted molar refractivity (Wildman–Crippen MR) is 89.4 cm³/mol. The number of pyridine rings is 1. The molecule has 6 nitrogen and oxygen atoms in total. The minimum absolute atomic E-state index is 0.0577. The Hall–Kier alpha value is -2.89. The smallest absolute Gasteiger partial charge is 0.221 e. The van der Waals surface area contributed by atoms with E-state index in [0.29, 0.717) is 0 Å². The van der Waals surface area contributed by atoms with Gasteiger partial charge in [0.2, 0.25) is 5.91 Å². The first-order chi connectivity index (χ1) is 11.2. The number of nitrogens with zero attached hydrogens (tertiary/aromatic N) is 3. The van der Waals surface area contributed by atoms with Crippen molar-refractivity contribution in [1.82, 2.24) is 15.2 Å². The fourth-order valence-electron chi connectivity index (χ4n) is 3.16. The molecule has 0 aliphatic carbocycles. The topological polar surface area (TPSA) is 73.9 Å². The number of H-pyrrole nitrogens is 1. The molecule has 116 valence electrons. The molecule has 23 heavy (non-hydrogen) atoms. The average Bonchev–Trinajstić information content (AvgIpc) is 3.03. The van der Waals surface area contributed by atoms with Crippen molar-refractivity contribution < 1.29 is 4.79 Å². The summed E-state index contributed by atoms with van der Waals surface area (Å²) in [5.74, 6) is -0.0577. The van der Waals surface area contributed by atoms with Gasteiger partial charge in [0.1, 0.15) is 0 Å². The van der Waals surface area contributed by atoms with Crippen molar-refractivity contribution in [3.63, 3.8) is 0 Å². The number of aromatic amines is 1. The lowest BCUT2D eigenvalue weighted by atomic mass is 9.99. The van der Waals surface area contributed by atoms with Gasteiger partial charge in [-0.2, -0.15) is 5.10 Å². The quantitative estimate of drug-likeness (QED) is 0.763. The standard InChI is InChI=1S/C17H17N5O/c1-11(23)20-13-3-2-4-14(7-13)22-6-5-15-12(10-22)8-18-17-16(15)9-19-21-17/h2-4,7-9H,5-6,10H2,1H3,(H,20,23)(H,18,19,21). The van der Waals surface area contributed by atoms with Crippen molar-refractivity contribution in [2.24, 2.45) is 0 Å². The monoisotopic (exact) mass is 307 g/mol. The third-order valence-electron chi connectivity index (χ3n) is 4.21. The normalized spacial score (nSPS) is 13.9. The van der Waals surface area contributed by atoms with Crippen LogP contribution in [0.25, 0.3) is 11.0 Å². The summed E-state index contributed by atoms with van der Waals surface area (Å²) in [6, 6.07) is 7.95. The highest BCUT2D eigenvalue weighted by Crippen LogP contribution is 2.29. The molecule has 1 aromatic carbocycles. The maximum atomic E-state index is 11.2. The zero-order chi connectivity index (χ0) is 15.8. The second-order valence-electron chi connectivity index (χ2n) is 5.80. The number of rotatable bonds is 2. The minimum atomic E-state index is -0.0577. The van der Waals surface area contributed by atoms with Crippen molar-refractivity contribution in [1.29, 1.82) is 0 Å². The molecule has 2 aromatic heterocycles. The molecule has 0 atom stereocenters. The van der Waals surface area contributed by atoms with Crippen LogP contribution in [0.5, 0.6) is 0 Å². The number of hydrogen-bond acceptors (Lipinski definition) is 4. The lowest BCUT2D eigenvalue weighted by Crippen LogP contribution is -2.30. The second-order valence-corrected chi connectivity index (χ2v) is 5.80. The Morgan fingerprint density at radius 3 is 3.13 bits per heavy atom. The number of carbonyl (C=O) groups excluding carboxylic acids is 1. The van der Waals surface area contributed by atoms with Crippen LogP contribution in [0.4, 0.5) is 11.4 Å². The highest BCUT2D eigenvalue weighted by Gasteiger charge is 2.20. The predicted octanol–water partition coefficient (Wildman–Crippen LogP) is 2.48. The molecule has 0 spiro atoms. The number of aromatic nitrogens is 3. The third kappa shape index (κ3) is 2.52. The summed E-state index contributed by atoms with van der Waals surface area (Å²) in [5.41, 5.74) is 5.34. The fraction of sp³-hybridized carbons (Fsp3) is 0.235. The molecule has 1 aliphatic heterocycles. The molecule has 2 N–H and O–H groups in total. The zero-order valence-corrected chi connectivity index (χ0v) is 12.8. The Labute approximate surface area is 133 Å².